The number of hydrogen-bond donors (Lipinski definition) is 2. The normalized spacial score (nSPS) is 17.2. The monoisotopic (exact) mass is 235 g/mol. The van der Waals surface area contributed by atoms with E-state index >= 15 is 0 Å². The molecule has 0 atom stereocenters. The molecule has 1 aromatic heterocycles. The van der Waals surface area contributed by atoms with Crippen LogP contribution in [0.15, 0.2) is 35.4 Å². The number of aromatic nitrogens is 2. The number of benzene rings is 1. The zero-order valence-electron chi connectivity index (χ0n) is 8.27. The van der Waals surface area contributed by atoms with Crippen molar-refractivity contribution in [3.63, 3.8) is 0 Å². The summed E-state index contributed by atoms with van der Waals surface area (Å²) in [6, 6.07) is 7.11. The average Bonchev–Trinajstić information content (AvgIpc) is 2.87. The Labute approximate surface area is 92.6 Å². The van der Waals surface area contributed by atoms with Gasteiger partial charge in [-0.25, -0.2) is 13.1 Å². The van der Waals surface area contributed by atoms with E-state index in [1.54, 1.807) is 18.3 Å². The molecule has 0 aliphatic carbocycles. The molecule has 0 fully saturated rings. The maximum Gasteiger partial charge on any atom is 0.241 e. The Morgan fingerprint density at radius 1 is 1.25 bits per heavy atom. The molecule has 1 aliphatic heterocycles. The summed E-state index contributed by atoms with van der Waals surface area (Å²) >= 11 is 0. The van der Waals surface area contributed by atoms with Crippen molar-refractivity contribution in [2.45, 2.75) is 11.4 Å². The molecule has 3 rings (SSSR count). The van der Waals surface area contributed by atoms with Gasteiger partial charge in [0.15, 0.2) is 0 Å². The highest BCUT2D eigenvalue weighted by molar-refractivity contribution is 7.89. The Bertz CT molecular complexity index is 632. The van der Waals surface area contributed by atoms with Crippen LogP contribution in [0.4, 0.5) is 0 Å². The number of nitrogens with one attached hydrogen (secondary N) is 2. The maximum atomic E-state index is 11.5. The molecule has 2 aromatic rings. The Kier molecular flexibility index (Phi) is 1.89. The van der Waals surface area contributed by atoms with Gasteiger partial charge >= 0.3 is 0 Å². The van der Waals surface area contributed by atoms with Crippen molar-refractivity contribution in [3.8, 4) is 11.3 Å². The van der Waals surface area contributed by atoms with E-state index in [1.807, 2.05) is 12.1 Å². The first-order valence-electron chi connectivity index (χ1n) is 4.79. The minimum absolute atomic E-state index is 0.361. The van der Waals surface area contributed by atoms with E-state index in [9.17, 15) is 8.42 Å². The predicted octanol–water partition coefficient (Wildman–Crippen LogP) is 0.869. The highest BCUT2D eigenvalue weighted by Crippen LogP contribution is 2.27. The molecular formula is C10H9N3O2S. The van der Waals surface area contributed by atoms with E-state index in [-0.39, 0.29) is 0 Å². The summed E-state index contributed by atoms with van der Waals surface area (Å²) in [6.45, 7) is 0.361. The molecule has 1 aromatic carbocycles. The summed E-state index contributed by atoms with van der Waals surface area (Å²) in [4.78, 5) is 0.371. The van der Waals surface area contributed by atoms with Crippen molar-refractivity contribution >= 4 is 10.0 Å². The number of nitrogens with zero attached hydrogens (tertiary/aromatic N) is 1. The van der Waals surface area contributed by atoms with Gasteiger partial charge in [0.05, 0.1) is 10.6 Å². The van der Waals surface area contributed by atoms with E-state index < -0.39 is 10.0 Å². The summed E-state index contributed by atoms with van der Waals surface area (Å²) in [5.41, 5.74) is 2.62. The zero-order valence-corrected chi connectivity index (χ0v) is 9.08. The van der Waals surface area contributed by atoms with Gasteiger partial charge in [-0.1, -0.05) is 6.07 Å². The minimum Gasteiger partial charge on any atom is -0.278 e. The van der Waals surface area contributed by atoms with Crippen LogP contribution < -0.4 is 4.72 Å². The van der Waals surface area contributed by atoms with Crippen LogP contribution in [-0.4, -0.2) is 18.6 Å². The van der Waals surface area contributed by atoms with Gasteiger partial charge in [0.25, 0.3) is 0 Å². The summed E-state index contributed by atoms with van der Waals surface area (Å²) in [6.07, 6.45) is 1.66. The lowest BCUT2D eigenvalue weighted by atomic mass is 10.1. The molecule has 6 heteroatoms. The van der Waals surface area contributed by atoms with Crippen molar-refractivity contribution in [3.05, 3.63) is 36.0 Å². The third kappa shape index (κ3) is 1.35. The Morgan fingerprint density at radius 3 is 2.88 bits per heavy atom. The van der Waals surface area contributed by atoms with E-state index in [0.717, 1.165) is 16.8 Å². The Morgan fingerprint density at radius 2 is 2.12 bits per heavy atom. The lowest BCUT2D eigenvalue weighted by Gasteiger charge is -2.00. The molecule has 0 bridgehead atoms. The molecule has 5 nitrogen and oxygen atoms in total. The van der Waals surface area contributed by atoms with Gasteiger partial charge in [0, 0.05) is 12.7 Å². The van der Waals surface area contributed by atoms with E-state index in [1.165, 1.54) is 0 Å². The van der Waals surface area contributed by atoms with Crippen molar-refractivity contribution in [2.75, 3.05) is 0 Å². The van der Waals surface area contributed by atoms with Gasteiger partial charge in [-0.05, 0) is 29.3 Å². The van der Waals surface area contributed by atoms with Gasteiger partial charge in [0.1, 0.15) is 0 Å². The Balaban J connectivity index is 2.16. The topological polar surface area (TPSA) is 74.8 Å². The Hall–Kier alpha value is -1.66. The smallest absolute Gasteiger partial charge is 0.241 e. The molecule has 0 saturated heterocycles. The SMILES string of the molecule is O=S1(=O)NCc2cc(-c3ccn[nH]3)ccc21. The number of aromatic amines is 1. The lowest BCUT2D eigenvalue weighted by molar-refractivity contribution is 0.589. The first-order valence-corrected chi connectivity index (χ1v) is 6.27. The van der Waals surface area contributed by atoms with Crippen molar-refractivity contribution < 1.29 is 8.42 Å². The van der Waals surface area contributed by atoms with Gasteiger partial charge in [-0.15, -0.1) is 0 Å². The van der Waals surface area contributed by atoms with Crippen LogP contribution in [-0.2, 0) is 16.6 Å². The van der Waals surface area contributed by atoms with Crippen LogP contribution in [0, 0.1) is 0 Å². The average molecular weight is 235 g/mol. The molecule has 2 N–H and O–H groups in total. The van der Waals surface area contributed by atoms with Crippen LogP contribution in [0.3, 0.4) is 0 Å². The molecular weight excluding hydrogens is 226 g/mol. The number of rotatable bonds is 1. The second-order valence-electron chi connectivity index (χ2n) is 3.62. The minimum atomic E-state index is -3.27. The highest BCUT2D eigenvalue weighted by Gasteiger charge is 2.25. The predicted molar refractivity (Wildman–Crippen MR) is 58.0 cm³/mol. The van der Waals surface area contributed by atoms with Crippen LogP contribution in [0.1, 0.15) is 5.56 Å². The quantitative estimate of drug-likeness (QED) is 0.770. The molecule has 0 spiro atoms. The van der Waals surface area contributed by atoms with E-state index in [0.29, 0.717) is 11.4 Å². The van der Waals surface area contributed by atoms with Gasteiger partial charge < -0.3 is 0 Å². The fourth-order valence-corrected chi connectivity index (χ4v) is 3.04. The van der Waals surface area contributed by atoms with E-state index in [2.05, 4.69) is 14.9 Å². The standard InChI is InChI=1S/C10H9N3O2S/c14-16(15)10-2-1-7(5-8(10)6-12-16)9-3-4-11-13-9/h1-5,12H,6H2,(H,11,13). The summed E-state index contributed by atoms with van der Waals surface area (Å²) in [7, 11) is -3.27. The summed E-state index contributed by atoms with van der Waals surface area (Å²) in [5, 5.41) is 6.71. The zero-order chi connectivity index (χ0) is 11.2. The van der Waals surface area contributed by atoms with Gasteiger partial charge in [0.2, 0.25) is 10.0 Å². The van der Waals surface area contributed by atoms with Crippen LogP contribution in [0.25, 0.3) is 11.3 Å². The fraction of sp³-hybridized carbons (Fsp3) is 0.100. The first-order chi connectivity index (χ1) is 7.67. The third-order valence-corrected chi connectivity index (χ3v) is 4.12. The fourth-order valence-electron chi connectivity index (χ4n) is 1.81. The van der Waals surface area contributed by atoms with Crippen LogP contribution in [0.2, 0.25) is 0 Å². The summed E-state index contributed by atoms with van der Waals surface area (Å²) < 4.78 is 25.5. The summed E-state index contributed by atoms with van der Waals surface area (Å²) in [5.74, 6) is 0. The molecule has 82 valence electrons. The van der Waals surface area contributed by atoms with Crippen molar-refractivity contribution in [1.82, 2.24) is 14.9 Å². The maximum absolute atomic E-state index is 11.5. The molecule has 0 unspecified atom stereocenters. The second kappa shape index (κ2) is 3.16. The molecule has 0 amide bonds. The van der Waals surface area contributed by atoms with E-state index in [4.69, 9.17) is 0 Å². The highest BCUT2D eigenvalue weighted by atomic mass is 32.2. The molecule has 2 heterocycles. The van der Waals surface area contributed by atoms with Crippen molar-refractivity contribution in [1.29, 1.82) is 0 Å². The molecule has 0 radical (unpaired) electrons. The first kappa shape index (κ1) is 9.56. The lowest BCUT2D eigenvalue weighted by Crippen LogP contribution is -2.13. The number of H-pyrrole nitrogens is 1. The molecule has 1 aliphatic rings. The third-order valence-electron chi connectivity index (χ3n) is 2.61. The number of fused-ring (bicyclic) bond motifs is 1. The molecule has 16 heavy (non-hydrogen) atoms. The van der Waals surface area contributed by atoms with Crippen molar-refractivity contribution in [2.24, 2.45) is 0 Å². The largest absolute Gasteiger partial charge is 0.278 e. The van der Waals surface area contributed by atoms with Gasteiger partial charge in [-0.3, -0.25) is 5.10 Å². The van der Waals surface area contributed by atoms with Crippen LogP contribution in [0.5, 0.6) is 0 Å². The molecule has 0 saturated carbocycles. The van der Waals surface area contributed by atoms with Crippen LogP contribution >= 0.6 is 0 Å². The van der Waals surface area contributed by atoms with Gasteiger partial charge in [-0.2, -0.15) is 5.10 Å². The second-order valence-corrected chi connectivity index (χ2v) is 5.35. The number of sulfonamides is 1. The number of hydrogen-bond acceptors (Lipinski definition) is 3.